The zero-order chi connectivity index (χ0) is 18.0. The fourth-order valence-electron chi connectivity index (χ4n) is 1.92. The van der Waals surface area contributed by atoms with Crippen LogP contribution >= 0.6 is 11.3 Å². The van der Waals surface area contributed by atoms with Crippen molar-refractivity contribution in [3.05, 3.63) is 22.4 Å². The highest BCUT2D eigenvalue weighted by Crippen LogP contribution is 2.10. The Kier molecular flexibility index (Phi) is 8.60. The molecule has 1 amide bonds. The molecule has 0 atom stereocenters. The van der Waals surface area contributed by atoms with Gasteiger partial charge in [-0.05, 0) is 46.1 Å². The molecule has 0 radical (unpaired) electrons. The Balaban J connectivity index is 2.47. The monoisotopic (exact) mass is 354 g/mol. The predicted octanol–water partition coefficient (Wildman–Crippen LogP) is 3.06. The first-order valence-corrected chi connectivity index (χ1v) is 9.26. The number of ether oxygens (including phenoxy) is 1. The summed E-state index contributed by atoms with van der Waals surface area (Å²) in [5.41, 5.74) is -0.477. The van der Waals surface area contributed by atoms with Gasteiger partial charge in [0.05, 0.1) is 6.54 Å². The van der Waals surface area contributed by atoms with Crippen LogP contribution in [0.3, 0.4) is 0 Å². The van der Waals surface area contributed by atoms with Crippen molar-refractivity contribution in [1.82, 2.24) is 15.5 Å². The molecule has 136 valence electrons. The average Bonchev–Trinajstić information content (AvgIpc) is 3.00. The fourth-order valence-corrected chi connectivity index (χ4v) is 2.54. The highest BCUT2D eigenvalue weighted by atomic mass is 32.1. The number of likely N-dealkylation sites (N-methyl/N-ethyl adjacent to an activating group) is 1. The molecule has 0 bridgehead atoms. The SMILES string of the molecule is CCNC(=NCc1cccs1)NCCN(CC)C(=O)OC(C)(C)C. The number of nitrogens with one attached hydrogen (secondary N) is 2. The quantitative estimate of drug-likeness (QED) is 0.583. The number of guanidine groups is 1. The van der Waals surface area contributed by atoms with Gasteiger partial charge in [-0.2, -0.15) is 0 Å². The first-order chi connectivity index (χ1) is 11.4. The molecule has 0 aliphatic heterocycles. The van der Waals surface area contributed by atoms with Gasteiger partial charge in [0.2, 0.25) is 0 Å². The lowest BCUT2D eigenvalue weighted by atomic mass is 10.2. The van der Waals surface area contributed by atoms with E-state index in [2.05, 4.69) is 21.7 Å². The lowest BCUT2D eigenvalue weighted by Crippen LogP contribution is -2.44. The third-order valence-electron chi connectivity index (χ3n) is 3.02. The largest absolute Gasteiger partial charge is 0.444 e. The number of aliphatic imine (C=N–C) groups is 1. The second kappa shape index (κ2) is 10.2. The van der Waals surface area contributed by atoms with Crippen molar-refractivity contribution in [1.29, 1.82) is 0 Å². The van der Waals surface area contributed by atoms with Crippen molar-refractivity contribution in [2.24, 2.45) is 4.99 Å². The molecule has 1 aromatic heterocycles. The Morgan fingerprint density at radius 1 is 1.33 bits per heavy atom. The molecule has 2 N–H and O–H groups in total. The number of carbonyl (C=O) groups is 1. The summed E-state index contributed by atoms with van der Waals surface area (Å²) in [4.78, 5) is 19.6. The molecule has 1 rings (SSSR count). The second-order valence-corrected chi connectivity index (χ2v) is 7.29. The van der Waals surface area contributed by atoms with E-state index in [1.807, 2.05) is 46.1 Å². The first kappa shape index (κ1) is 20.3. The summed E-state index contributed by atoms with van der Waals surface area (Å²) < 4.78 is 5.41. The molecule has 0 unspecified atom stereocenters. The van der Waals surface area contributed by atoms with Crippen LogP contribution in [0.5, 0.6) is 0 Å². The van der Waals surface area contributed by atoms with Gasteiger partial charge in [-0.15, -0.1) is 11.3 Å². The number of carbonyl (C=O) groups excluding carboxylic acids is 1. The molecule has 1 heterocycles. The molecule has 0 aliphatic rings. The van der Waals surface area contributed by atoms with Crippen molar-refractivity contribution in [2.75, 3.05) is 26.2 Å². The highest BCUT2D eigenvalue weighted by Gasteiger charge is 2.20. The van der Waals surface area contributed by atoms with Gasteiger partial charge in [-0.3, -0.25) is 0 Å². The summed E-state index contributed by atoms with van der Waals surface area (Å²) >= 11 is 1.69. The van der Waals surface area contributed by atoms with Crippen molar-refractivity contribution < 1.29 is 9.53 Å². The first-order valence-electron chi connectivity index (χ1n) is 8.38. The average molecular weight is 355 g/mol. The molecule has 6 nitrogen and oxygen atoms in total. The van der Waals surface area contributed by atoms with E-state index < -0.39 is 5.60 Å². The van der Waals surface area contributed by atoms with Crippen LogP contribution in [0.2, 0.25) is 0 Å². The smallest absolute Gasteiger partial charge is 0.410 e. The summed E-state index contributed by atoms with van der Waals surface area (Å²) in [7, 11) is 0. The van der Waals surface area contributed by atoms with Gasteiger partial charge in [-0.25, -0.2) is 9.79 Å². The zero-order valence-corrected chi connectivity index (χ0v) is 16.2. The Hall–Kier alpha value is -1.76. The van der Waals surface area contributed by atoms with E-state index >= 15 is 0 Å². The number of hydrogen-bond acceptors (Lipinski definition) is 4. The van der Waals surface area contributed by atoms with Gasteiger partial charge >= 0.3 is 6.09 Å². The van der Waals surface area contributed by atoms with Crippen molar-refractivity contribution in [3.8, 4) is 0 Å². The normalized spacial score (nSPS) is 12.0. The Labute approximate surface area is 149 Å². The van der Waals surface area contributed by atoms with Crippen LogP contribution in [0, 0.1) is 0 Å². The maximum Gasteiger partial charge on any atom is 0.410 e. The summed E-state index contributed by atoms with van der Waals surface area (Å²) in [6.07, 6.45) is -0.285. The molecule has 0 aliphatic carbocycles. The van der Waals surface area contributed by atoms with E-state index in [4.69, 9.17) is 4.74 Å². The summed E-state index contributed by atoms with van der Waals surface area (Å²) in [6.45, 7) is 12.8. The van der Waals surface area contributed by atoms with E-state index in [0.29, 0.717) is 26.2 Å². The topological polar surface area (TPSA) is 66.0 Å². The van der Waals surface area contributed by atoms with Gasteiger partial charge in [-0.1, -0.05) is 6.07 Å². The van der Waals surface area contributed by atoms with Gasteiger partial charge in [0.25, 0.3) is 0 Å². The lowest BCUT2D eigenvalue weighted by Gasteiger charge is -2.26. The van der Waals surface area contributed by atoms with Crippen molar-refractivity contribution >= 4 is 23.4 Å². The van der Waals surface area contributed by atoms with Crippen LogP contribution < -0.4 is 10.6 Å². The maximum atomic E-state index is 12.1. The van der Waals surface area contributed by atoms with E-state index in [1.165, 1.54) is 4.88 Å². The van der Waals surface area contributed by atoms with Crippen LogP contribution in [0.25, 0.3) is 0 Å². The minimum absolute atomic E-state index is 0.285. The molecule has 1 aromatic rings. The molecule has 0 aromatic carbocycles. The molecular weight excluding hydrogens is 324 g/mol. The number of amides is 1. The van der Waals surface area contributed by atoms with Crippen LogP contribution in [-0.4, -0.2) is 48.7 Å². The van der Waals surface area contributed by atoms with Gasteiger partial charge in [0.15, 0.2) is 5.96 Å². The van der Waals surface area contributed by atoms with Gasteiger partial charge in [0.1, 0.15) is 5.60 Å². The van der Waals surface area contributed by atoms with E-state index in [0.717, 1.165) is 12.5 Å². The van der Waals surface area contributed by atoms with Crippen molar-refractivity contribution in [3.63, 3.8) is 0 Å². The third-order valence-corrected chi connectivity index (χ3v) is 3.89. The molecular formula is C17H30N4O2S. The molecule has 0 spiro atoms. The molecule has 0 saturated heterocycles. The van der Waals surface area contributed by atoms with Gasteiger partial charge < -0.3 is 20.3 Å². The standard InChI is InChI=1S/C17H30N4O2S/c1-6-18-15(20-13-14-9-8-12-24-14)19-10-11-21(7-2)16(22)23-17(3,4)5/h8-9,12H,6-7,10-11,13H2,1-5H3,(H2,18,19,20). The number of rotatable bonds is 7. The van der Waals surface area contributed by atoms with Crippen LogP contribution in [-0.2, 0) is 11.3 Å². The number of thiophene rings is 1. The lowest BCUT2D eigenvalue weighted by molar-refractivity contribution is 0.0264. The van der Waals surface area contributed by atoms with E-state index in [-0.39, 0.29) is 6.09 Å². The predicted molar refractivity (Wildman–Crippen MR) is 101 cm³/mol. The Morgan fingerprint density at radius 3 is 2.62 bits per heavy atom. The van der Waals surface area contributed by atoms with E-state index in [9.17, 15) is 4.79 Å². The maximum absolute atomic E-state index is 12.1. The Bertz CT molecular complexity index is 509. The van der Waals surface area contributed by atoms with Crippen LogP contribution in [0.4, 0.5) is 4.79 Å². The minimum Gasteiger partial charge on any atom is -0.444 e. The van der Waals surface area contributed by atoms with Crippen LogP contribution in [0.1, 0.15) is 39.5 Å². The van der Waals surface area contributed by atoms with Crippen molar-refractivity contribution in [2.45, 2.75) is 46.8 Å². The summed E-state index contributed by atoms with van der Waals surface area (Å²) in [5.74, 6) is 0.756. The molecule has 0 saturated carbocycles. The third kappa shape index (κ3) is 8.19. The van der Waals surface area contributed by atoms with E-state index in [1.54, 1.807) is 16.2 Å². The Morgan fingerprint density at radius 2 is 2.08 bits per heavy atom. The second-order valence-electron chi connectivity index (χ2n) is 6.26. The number of hydrogen-bond donors (Lipinski definition) is 2. The zero-order valence-electron chi connectivity index (χ0n) is 15.4. The highest BCUT2D eigenvalue weighted by molar-refractivity contribution is 7.09. The minimum atomic E-state index is -0.477. The molecule has 7 heteroatoms. The fraction of sp³-hybridized carbons (Fsp3) is 0.647. The number of nitrogens with zero attached hydrogens (tertiary/aromatic N) is 2. The summed E-state index contributed by atoms with van der Waals surface area (Å²) in [5, 5.41) is 8.52. The van der Waals surface area contributed by atoms with Gasteiger partial charge in [0, 0.05) is 31.1 Å². The molecule has 0 fully saturated rings. The molecule has 24 heavy (non-hydrogen) atoms. The summed E-state index contributed by atoms with van der Waals surface area (Å²) in [6, 6.07) is 4.09. The van der Waals surface area contributed by atoms with Crippen LogP contribution in [0.15, 0.2) is 22.5 Å².